The van der Waals surface area contributed by atoms with Crippen molar-refractivity contribution < 1.29 is 9.21 Å². The number of nitrogens with zero attached hydrogens (tertiary/aromatic N) is 2. The van der Waals surface area contributed by atoms with E-state index in [4.69, 9.17) is 16.6 Å². The number of hydrogen-bond acceptors (Lipinski definition) is 5. The molecule has 28 heavy (non-hydrogen) atoms. The third-order valence-corrected chi connectivity index (χ3v) is 5.86. The third-order valence-electron chi connectivity index (χ3n) is 4.08. The molecule has 0 aliphatic carbocycles. The van der Waals surface area contributed by atoms with Gasteiger partial charge in [-0.1, -0.05) is 45.5 Å². The number of amides is 1. The minimum absolute atomic E-state index is 0.0289. The third kappa shape index (κ3) is 3.56. The van der Waals surface area contributed by atoms with Crippen LogP contribution in [-0.2, 0) is 7.05 Å². The number of hydrogen-bond donors (Lipinski definition) is 1. The molecule has 6 nitrogen and oxygen atoms in total. The van der Waals surface area contributed by atoms with Crippen LogP contribution in [0.15, 0.2) is 67.2 Å². The number of benzene rings is 2. The van der Waals surface area contributed by atoms with Crippen LogP contribution in [-0.4, -0.2) is 15.6 Å². The Kier molecular flexibility index (Phi) is 4.96. The molecule has 2 aromatic heterocycles. The fraction of sp³-hybridized carbons (Fsp3) is 0.0526. The zero-order valence-electron chi connectivity index (χ0n) is 14.4. The van der Waals surface area contributed by atoms with Crippen LogP contribution in [0.5, 0.6) is 0 Å². The molecule has 0 spiro atoms. The second-order valence-electron chi connectivity index (χ2n) is 5.91. The molecule has 1 amide bonds. The van der Waals surface area contributed by atoms with E-state index in [1.165, 1.54) is 17.4 Å². The van der Waals surface area contributed by atoms with Crippen LogP contribution < -0.4 is 15.7 Å². The zero-order valence-corrected chi connectivity index (χ0v) is 17.7. The van der Waals surface area contributed by atoms with Crippen molar-refractivity contribution >= 4 is 71.7 Å². The number of thiocarbonyl (C=S) groups is 1. The zero-order chi connectivity index (χ0) is 19.8. The number of carbonyl (C=O) groups is 1. The molecule has 140 valence electrons. The standard InChI is InChI=1S/C19H12BrN3O3S2/c1-23-13-7-6-11(20)9-15(13)28-19(23)22-18(27)21-16(24)12-8-10-4-2-3-5-14(10)26-17(12)25/h2-9H,1H3,(H,21,24,27). The van der Waals surface area contributed by atoms with E-state index in [-0.39, 0.29) is 10.7 Å². The maximum Gasteiger partial charge on any atom is 0.349 e. The lowest BCUT2D eigenvalue weighted by Crippen LogP contribution is -2.32. The van der Waals surface area contributed by atoms with Crippen LogP contribution in [0.4, 0.5) is 0 Å². The molecule has 0 saturated heterocycles. The van der Waals surface area contributed by atoms with Gasteiger partial charge in [0.25, 0.3) is 5.91 Å². The molecule has 0 atom stereocenters. The number of aromatic nitrogens is 1. The molecule has 4 aromatic rings. The Morgan fingerprint density at radius 2 is 2.04 bits per heavy atom. The van der Waals surface area contributed by atoms with E-state index in [1.807, 2.05) is 29.8 Å². The normalized spacial score (nSPS) is 11.9. The van der Waals surface area contributed by atoms with E-state index >= 15 is 0 Å². The molecular weight excluding hydrogens is 462 g/mol. The van der Waals surface area contributed by atoms with Crippen molar-refractivity contribution in [1.29, 1.82) is 0 Å². The highest BCUT2D eigenvalue weighted by Gasteiger charge is 2.15. The minimum atomic E-state index is -0.726. The van der Waals surface area contributed by atoms with Gasteiger partial charge in [0.1, 0.15) is 11.1 Å². The Labute approximate surface area is 176 Å². The topological polar surface area (TPSA) is 76.6 Å². The van der Waals surface area contributed by atoms with E-state index in [0.29, 0.717) is 15.8 Å². The Morgan fingerprint density at radius 3 is 2.86 bits per heavy atom. The summed E-state index contributed by atoms with van der Waals surface area (Å²) in [6.07, 6.45) is 0. The molecule has 0 unspecified atom stereocenters. The van der Waals surface area contributed by atoms with E-state index < -0.39 is 11.5 Å². The van der Waals surface area contributed by atoms with Crippen molar-refractivity contribution in [2.24, 2.45) is 12.0 Å². The Balaban J connectivity index is 1.65. The molecule has 0 fully saturated rings. The Hall–Kier alpha value is -2.62. The molecule has 2 aromatic carbocycles. The second-order valence-corrected chi connectivity index (χ2v) is 8.22. The number of halogens is 1. The van der Waals surface area contributed by atoms with Crippen molar-refractivity contribution in [3.8, 4) is 0 Å². The monoisotopic (exact) mass is 473 g/mol. The summed E-state index contributed by atoms with van der Waals surface area (Å²) in [6, 6.07) is 14.4. The van der Waals surface area contributed by atoms with Crippen LogP contribution in [0.25, 0.3) is 21.2 Å². The highest BCUT2D eigenvalue weighted by molar-refractivity contribution is 9.10. The number of thiazole rings is 1. The quantitative estimate of drug-likeness (QED) is 0.337. The average molecular weight is 474 g/mol. The summed E-state index contributed by atoms with van der Waals surface area (Å²) < 4.78 is 9.06. The van der Waals surface area contributed by atoms with Gasteiger partial charge in [-0.05, 0) is 42.5 Å². The van der Waals surface area contributed by atoms with E-state index in [0.717, 1.165) is 14.7 Å². The van der Waals surface area contributed by atoms with Crippen LogP contribution in [0.2, 0.25) is 0 Å². The molecule has 1 N–H and O–H groups in total. The first-order valence-electron chi connectivity index (χ1n) is 8.10. The number of aryl methyl sites for hydroxylation is 1. The van der Waals surface area contributed by atoms with Crippen molar-refractivity contribution in [1.82, 2.24) is 9.88 Å². The first kappa shape index (κ1) is 18.7. The van der Waals surface area contributed by atoms with E-state index in [2.05, 4.69) is 26.2 Å². The number of carbonyl (C=O) groups excluding carboxylic acids is 1. The van der Waals surface area contributed by atoms with E-state index in [9.17, 15) is 9.59 Å². The maximum absolute atomic E-state index is 12.5. The van der Waals surface area contributed by atoms with Crippen LogP contribution in [0.3, 0.4) is 0 Å². The van der Waals surface area contributed by atoms with Gasteiger partial charge in [0.2, 0.25) is 5.11 Å². The number of nitrogens with one attached hydrogen (secondary N) is 1. The van der Waals surface area contributed by atoms with Gasteiger partial charge in [0.05, 0.1) is 10.2 Å². The van der Waals surface area contributed by atoms with Crippen LogP contribution >= 0.6 is 39.5 Å². The fourth-order valence-corrected chi connectivity index (χ4v) is 4.53. The van der Waals surface area contributed by atoms with Gasteiger partial charge in [-0.15, -0.1) is 0 Å². The lowest BCUT2D eigenvalue weighted by Gasteiger charge is -2.03. The summed E-state index contributed by atoms with van der Waals surface area (Å²) in [7, 11) is 1.87. The number of rotatable bonds is 1. The Morgan fingerprint density at radius 1 is 1.25 bits per heavy atom. The molecule has 0 radical (unpaired) electrons. The lowest BCUT2D eigenvalue weighted by atomic mass is 10.2. The molecule has 0 aliphatic rings. The number of para-hydroxylation sites is 1. The van der Waals surface area contributed by atoms with Gasteiger partial charge in [-0.2, -0.15) is 4.99 Å². The van der Waals surface area contributed by atoms with Gasteiger partial charge in [-0.25, -0.2) is 4.79 Å². The largest absolute Gasteiger partial charge is 0.422 e. The van der Waals surface area contributed by atoms with Gasteiger partial charge < -0.3 is 8.98 Å². The molecule has 0 aliphatic heterocycles. The fourth-order valence-electron chi connectivity index (χ4n) is 2.71. The molecular formula is C19H12BrN3O3S2. The van der Waals surface area contributed by atoms with Crippen LogP contribution in [0.1, 0.15) is 10.4 Å². The highest BCUT2D eigenvalue weighted by Crippen LogP contribution is 2.21. The predicted octanol–water partition coefficient (Wildman–Crippen LogP) is 3.72. The summed E-state index contributed by atoms with van der Waals surface area (Å²) in [6.45, 7) is 0. The molecule has 4 rings (SSSR count). The SMILES string of the molecule is Cn1c(=NC(=S)NC(=O)c2cc3ccccc3oc2=O)sc2cc(Br)ccc21. The smallest absolute Gasteiger partial charge is 0.349 e. The lowest BCUT2D eigenvalue weighted by molar-refractivity contribution is 0.0974. The van der Waals surface area contributed by atoms with Crippen LogP contribution in [0, 0.1) is 0 Å². The molecule has 0 bridgehead atoms. The summed E-state index contributed by atoms with van der Waals surface area (Å²) in [5, 5.41) is 3.10. The van der Waals surface area contributed by atoms with Gasteiger partial charge in [0.15, 0.2) is 4.80 Å². The molecule has 2 heterocycles. The average Bonchev–Trinajstić information content (AvgIpc) is 2.95. The number of fused-ring (bicyclic) bond motifs is 2. The molecule has 9 heteroatoms. The van der Waals surface area contributed by atoms with E-state index in [1.54, 1.807) is 24.3 Å². The first-order chi connectivity index (χ1) is 13.4. The summed E-state index contributed by atoms with van der Waals surface area (Å²) in [4.78, 5) is 29.5. The minimum Gasteiger partial charge on any atom is -0.422 e. The molecule has 0 saturated carbocycles. The Bertz CT molecular complexity index is 1380. The van der Waals surface area contributed by atoms with Crippen molar-refractivity contribution in [3.05, 3.63) is 73.8 Å². The summed E-state index contributed by atoms with van der Waals surface area (Å²) >= 11 is 10.1. The van der Waals surface area contributed by atoms with Crippen molar-refractivity contribution in [3.63, 3.8) is 0 Å². The first-order valence-corrected chi connectivity index (χ1v) is 10.1. The van der Waals surface area contributed by atoms with Crippen molar-refractivity contribution in [2.75, 3.05) is 0 Å². The second kappa shape index (κ2) is 7.42. The van der Waals surface area contributed by atoms with Gasteiger partial charge in [-0.3, -0.25) is 10.1 Å². The van der Waals surface area contributed by atoms with Crippen molar-refractivity contribution in [2.45, 2.75) is 0 Å². The van der Waals surface area contributed by atoms with Gasteiger partial charge >= 0.3 is 5.63 Å². The predicted molar refractivity (Wildman–Crippen MR) is 117 cm³/mol. The summed E-state index contributed by atoms with van der Waals surface area (Å²) in [5.74, 6) is -0.653. The summed E-state index contributed by atoms with van der Waals surface area (Å²) in [5.41, 5.74) is 0.563. The highest BCUT2D eigenvalue weighted by atomic mass is 79.9. The maximum atomic E-state index is 12.5. The van der Waals surface area contributed by atoms with Gasteiger partial charge in [0, 0.05) is 16.9 Å².